The first-order valence-corrected chi connectivity index (χ1v) is 10.7. The summed E-state index contributed by atoms with van der Waals surface area (Å²) in [5, 5.41) is 3.13. The van der Waals surface area contributed by atoms with Gasteiger partial charge in [0.25, 0.3) is 0 Å². The molecule has 1 aromatic heterocycles. The van der Waals surface area contributed by atoms with Crippen LogP contribution in [0.2, 0.25) is 5.02 Å². The third-order valence-corrected chi connectivity index (χ3v) is 5.00. The summed E-state index contributed by atoms with van der Waals surface area (Å²) in [6.07, 6.45) is 0.482. The first kappa shape index (κ1) is 25.7. The van der Waals surface area contributed by atoms with Gasteiger partial charge in [-0.15, -0.1) is 0 Å². The molecule has 1 saturated heterocycles. The van der Waals surface area contributed by atoms with E-state index in [0.717, 1.165) is 0 Å². The number of pyridine rings is 1. The van der Waals surface area contributed by atoms with Gasteiger partial charge in [0.1, 0.15) is 23.8 Å². The fourth-order valence-corrected chi connectivity index (χ4v) is 3.44. The number of hydrogen-bond donors (Lipinski definition) is 1. The van der Waals surface area contributed by atoms with Gasteiger partial charge in [0, 0.05) is 18.7 Å². The first-order valence-electron chi connectivity index (χ1n) is 10.4. The van der Waals surface area contributed by atoms with Gasteiger partial charge in [0.05, 0.1) is 18.7 Å². The lowest BCUT2D eigenvalue weighted by molar-refractivity contribution is -0.152. The summed E-state index contributed by atoms with van der Waals surface area (Å²) >= 11 is 5.86. The number of methoxy groups -OCH3 is 1. The van der Waals surface area contributed by atoms with Crippen LogP contribution in [0, 0.1) is 5.41 Å². The number of rotatable bonds is 5. The Balaban J connectivity index is 2.23. The van der Waals surface area contributed by atoms with Crippen molar-refractivity contribution in [1.82, 2.24) is 15.2 Å². The zero-order chi connectivity index (χ0) is 24.3. The van der Waals surface area contributed by atoms with Crippen molar-refractivity contribution >= 4 is 29.6 Å². The lowest BCUT2D eigenvalue weighted by Crippen LogP contribution is -2.57. The van der Waals surface area contributed by atoms with Crippen LogP contribution in [0.4, 0.5) is 4.79 Å². The lowest BCUT2D eigenvalue weighted by atomic mass is 9.85. The Labute approximate surface area is 193 Å². The van der Waals surface area contributed by atoms with Crippen molar-refractivity contribution in [3.63, 3.8) is 0 Å². The van der Waals surface area contributed by atoms with Gasteiger partial charge in [-0.05, 0) is 32.3 Å². The van der Waals surface area contributed by atoms with Crippen LogP contribution in [0.25, 0.3) is 0 Å². The molecular weight excluding hydrogens is 438 g/mol. The summed E-state index contributed by atoms with van der Waals surface area (Å²) in [5.74, 6) is -0.649. The Morgan fingerprint density at radius 1 is 1.19 bits per heavy atom. The predicted octanol–water partition coefficient (Wildman–Crippen LogP) is 3.20. The molecule has 0 aliphatic carbocycles. The van der Waals surface area contributed by atoms with Crippen molar-refractivity contribution in [3.05, 3.63) is 23.4 Å². The molecule has 0 saturated carbocycles. The molecule has 2 heterocycles. The lowest BCUT2D eigenvalue weighted by Gasteiger charge is -2.35. The minimum atomic E-state index is -0.933. The average Bonchev–Trinajstić information content (AvgIpc) is 3.08. The Bertz CT molecular complexity index is 832. The maximum atomic E-state index is 13.5. The molecule has 1 unspecified atom stereocenters. The van der Waals surface area contributed by atoms with E-state index in [1.54, 1.807) is 32.9 Å². The van der Waals surface area contributed by atoms with Gasteiger partial charge in [-0.25, -0.2) is 14.6 Å². The first-order chi connectivity index (χ1) is 14.7. The zero-order valence-electron chi connectivity index (χ0n) is 19.6. The largest absolute Gasteiger partial charge is 0.472 e. The topological polar surface area (TPSA) is 107 Å². The van der Waals surface area contributed by atoms with Crippen molar-refractivity contribution in [2.24, 2.45) is 5.41 Å². The van der Waals surface area contributed by atoms with Gasteiger partial charge >= 0.3 is 12.1 Å². The number of halogens is 1. The van der Waals surface area contributed by atoms with Crippen molar-refractivity contribution < 1.29 is 28.6 Å². The quantitative estimate of drug-likeness (QED) is 0.660. The van der Waals surface area contributed by atoms with Crippen molar-refractivity contribution in [1.29, 1.82) is 0 Å². The van der Waals surface area contributed by atoms with Crippen molar-refractivity contribution in [3.8, 4) is 5.88 Å². The number of hydrogen-bond acceptors (Lipinski definition) is 7. The standard InChI is InChI=1S/C22H32ClN3O6/c1-21(2,3)17(25-20(29)32-22(4,5)6)18(27)26-12-14(10-15(26)19(28)30-7)31-16-9-8-13(23)11-24-16/h8-9,11,14-15,17H,10,12H2,1-7H3,(H,25,29)/t14-,15?,17-/m1/s1. The normalized spacial score (nSPS) is 19.8. The number of esters is 1. The number of alkyl carbamates (subject to hydrolysis) is 1. The van der Waals surface area contributed by atoms with Gasteiger partial charge in [-0.1, -0.05) is 32.4 Å². The summed E-state index contributed by atoms with van der Waals surface area (Å²) in [6, 6.07) is 1.47. The van der Waals surface area contributed by atoms with Crippen LogP contribution < -0.4 is 10.1 Å². The molecule has 9 nitrogen and oxygen atoms in total. The molecule has 0 spiro atoms. The maximum Gasteiger partial charge on any atom is 0.408 e. The van der Waals surface area contributed by atoms with Crippen molar-refractivity contribution in [2.45, 2.75) is 71.8 Å². The van der Waals surface area contributed by atoms with E-state index in [4.69, 9.17) is 25.8 Å². The Morgan fingerprint density at radius 3 is 2.34 bits per heavy atom. The third kappa shape index (κ3) is 6.98. The van der Waals surface area contributed by atoms with Crippen LogP contribution in [0.5, 0.6) is 5.88 Å². The second-order valence-electron chi connectivity index (χ2n) is 9.77. The average molecular weight is 470 g/mol. The highest BCUT2D eigenvalue weighted by Crippen LogP contribution is 2.28. The fourth-order valence-electron chi connectivity index (χ4n) is 3.33. The van der Waals surface area contributed by atoms with Gasteiger partial charge in [0.2, 0.25) is 11.8 Å². The number of amides is 2. The van der Waals surface area contributed by atoms with Gasteiger partial charge in [-0.2, -0.15) is 0 Å². The highest BCUT2D eigenvalue weighted by atomic mass is 35.5. The summed E-state index contributed by atoms with van der Waals surface area (Å²) in [5.41, 5.74) is -1.37. The van der Waals surface area contributed by atoms with Crippen LogP contribution in [-0.2, 0) is 19.1 Å². The van der Waals surface area contributed by atoms with E-state index in [0.29, 0.717) is 10.9 Å². The number of carbonyl (C=O) groups is 3. The van der Waals surface area contributed by atoms with Crippen LogP contribution >= 0.6 is 11.6 Å². The fraction of sp³-hybridized carbons (Fsp3) is 0.636. The van der Waals surface area contributed by atoms with E-state index in [9.17, 15) is 14.4 Å². The second kappa shape index (κ2) is 9.94. The molecule has 1 aromatic rings. The number of aromatic nitrogens is 1. The van der Waals surface area contributed by atoms with E-state index in [-0.39, 0.29) is 13.0 Å². The Hall–Kier alpha value is -2.55. The molecule has 32 heavy (non-hydrogen) atoms. The van der Waals surface area contributed by atoms with Gasteiger partial charge < -0.3 is 24.4 Å². The summed E-state index contributed by atoms with van der Waals surface area (Å²) < 4.78 is 16.1. The minimum Gasteiger partial charge on any atom is -0.472 e. The summed E-state index contributed by atoms with van der Waals surface area (Å²) in [6.45, 7) is 10.8. The molecule has 0 bridgehead atoms. The van der Waals surface area contributed by atoms with Crippen LogP contribution in [0.15, 0.2) is 18.3 Å². The Morgan fingerprint density at radius 2 is 1.84 bits per heavy atom. The molecular formula is C22H32ClN3O6. The minimum absolute atomic E-state index is 0.130. The SMILES string of the molecule is COC(=O)C1C[C@@H](Oc2ccc(Cl)cn2)CN1C(=O)[C@@H](NC(=O)OC(C)(C)C)C(C)(C)C. The highest BCUT2D eigenvalue weighted by Gasteiger charge is 2.46. The van der Waals surface area contributed by atoms with Crippen LogP contribution in [-0.4, -0.2) is 65.3 Å². The third-order valence-electron chi connectivity index (χ3n) is 4.78. The van der Waals surface area contributed by atoms with Crippen LogP contribution in [0.3, 0.4) is 0 Å². The van der Waals surface area contributed by atoms with Crippen LogP contribution in [0.1, 0.15) is 48.0 Å². The molecule has 2 amide bonds. The number of nitrogens with zero attached hydrogens (tertiary/aromatic N) is 2. The molecule has 2 rings (SSSR count). The van der Waals surface area contributed by atoms with Gasteiger partial charge in [-0.3, -0.25) is 4.79 Å². The van der Waals surface area contributed by atoms with E-state index in [2.05, 4.69) is 10.3 Å². The number of ether oxygens (including phenoxy) is 3. The predicted molar refractivity (Wildman–Crippen MR) is 118 cm³/mol. The summed E-state index contributed by atoms with van der Waals surface area (Å²) in [7, 11) is 1.26. The molecule has 1 N–H and O–H groups in total. The summed E-state index contributed by atoms with van der Waals surface area (Å²) in [4.78, 5) is 43.9. The molecule has 0 radical (unpaired) electrons. The van der Waals surface area contributed by atoms with Gasteiger partial charge in [0.15, 0.2) is 0 Å². The second-order valence-corrected chi connectivity index (χ2v) is 10.2. The molecule has 10 heteroatoms. The highest BCUT2D eigenvalue weighted by molar-refractivity contribution is 6.30. The van der Waals surface area contributed by atoms with E-state index >= 15 is 0 Å². The number of carbonyl (C=O) groups excluding carboxylic acids is 3. The molecule has 1 fully saturated rings. The smallest absolute Gasteiger partial charge is 0.408 e. The van der Waals surface area contributed by atoms with E-state index in [1.165, 1.54) is 18.2 Å². The molecule has 178 valence electrons. The molecule has 1 aliphatic heterocycles. The maximum absolute atomic E-state index is 13.5. The molecule has 3 atom stereocenters. The Kier molecular flexibility index (Phi) is 7.98. The number of likely N-dealkylation sites (tertiary alicyclic amines) is 1. The van der Waals surface area contributed by atoms with E-state index < -0.39 is 47.2 Å². The molecule has 0 aromatic carbocycles. The molecule has 1 aliphatic rings. The van der Waals surface area contributed by atoms with Crippen molar-refractivity contribution in [2.75, 3.05) is 13.7 Å². The van der Waals surface area contributed by atoms with E-state index in [1.807, 2.05) is 20.8 Å². The number of nitrogens with one attached hydrogen (secondary N) is 1. The zero-order valence-corrected chi connectivity index (χ0v) is 20.4. The monoisotopic (exact) mass is 469 g/mol.